The molecule has 1 aromatic rings. The zero-order chi connectivity index (χ0) is 12.3. The van der Waals surface area contributed by atoms with Crippen molar-refractivity contribution in [3.63, 3.8) is 0 Å². The smallest absolute Gasteiger partial charge is 0.122 e. The molecule has 1 rings (SSSR count). The van der Waals surface area contributed by atoms with Crippen LogP contribution < -0.4 is 5.73 Å². The van der Waals surface area contributed by atoms with Crippen LogP contribution in [0.4, 0.5) is 0 Å². The number of hydrogen-bond acceptors (Lipinski definition) is 3. The maximum absolute atomic E-state index is 6.08. The third-order valence-corrected chi connectivity index (χ3v) is 3.57. The fraction of sp³-hybridized carbons (Fsp3) is 0.692. The molecule has 1 heterocycles. The van der Waals surface area contributed by atoms with Gasteiger partial charge >= 0.3 is 0 Å². The van der Waals surface area contributed by atoms with Crippen molar-refractivity contribution in [2.24, 2.45) is 5.73 Å². The predicted octanol–water partition coefficient (Wildman–Crippen LogP) is 2.79. The molecule has 0 fully saturated rings. The first kappa shape index (κ1) is 13.3. The van der Waals surface area contributed by atoms with Crippen LogP contribution in [0.25, 0.3) is 0 Å². The number of nitrogens with zero attached hydrogens (tertiary/aromatic N) is 1. The van der Waals surface area contributed by atoms with E-state index in [1.54, 1.807) is 6.26 Å². The molecular formula is C13H24N2O. The van der Waals surface area contributed by atoms with Crippen LogP contribution in [-0.2, 0) is 0 Å². The highest BCUT2D eigenvalue weighted by Gasteiger charge is 2.32. The summed E-state index contributed by atoms with van der Waals surface area (Å²) >= 11 is 0. The number of rotatable bonds is 5. The van der Waals surface area contributed by atoms with Crippen molar-refractivity contribution >= 4 is 0 Å². The molecule has 0 aliphatic heterocycles. The molecule has 0 radical (unpaired) electrons. The number of likely N-dealkylation sites (N-methyl/N-ethyl adjacent to an activating group) is 1. The van der Waals surface area contributed by atoms with Gasteiger partial charge in [-0.1, -0.05) is 6.92 Å². The SMILES string of the molecule is CCC(C)(C)N(C)C(c1ccco1)C(C)N. The van der Waals surface area contributed by atoms with E-state index in [-0.39, 0.29) is 17.6 Å². The largest absolute Gasteiger partial charge is 0.468 e. The Balaban J connectivity index is 2.96. The van der Waals surface area contributed by atoms with Gasteiger partial charge in [-0.3, -0.25) is 4.90 Å². The lowest BCUT2D eigenvalue weighted by atomic mass is 9.94. The molecule has 0 saturated heterocycles. The van der Waals surface area contributed by atoms with Crippen LogP contribution in [0.3, 0.4) is 0 Å². The first-order valence-electron chi connectivity index (χ1n) is 5.92. The Morgan fingerprint density at radius 2 is 2.12 bits per heavy atom. The average Bonchev–Trinajstić information content (AvgIpc) is 2.70. The Bertz CT molecular complexity index is 304. The third-order valence-electron chi connectivity index (χ3n) is 3.57. The van der Waals surface area contributed by atoms with E-state index >= 15 is 0 Å². The maximum Gasteiger partial charge on any atom is 0.122 e. The Hall–Kier alpha value is -0.800. The molecule has 0 aliphatic rings. The number of furan rings is 1. The highest BCUT2D eigenvalue weighted by Crippen LogP contribution is 2.30. The van der Waals surface area contributed by atoms with Crippen LogP contribution in [-0.4, -0.2) is 23.5 Å². The van der Waals surface area contributed by atoms with Crippen LogP contribution in [0, 0.1) is 0 Å². The second kappa shape index (κ2) is 5.02. The molecule has 92 valence electrons. The monoisotopic (exact) mass is 224 g/mol. The Morgan fingerprint density at radius 3 is 2.50 bits per heavy atom. The van der Waals surface area contributed by atoms with Crippen molar-refractivity contribution < 1.29 is 4.42 Å². The summed E-state index contributed by atoms with van der Waals surface area (Å²) in [6.45, 7) is 8.67. The first-order valence-corrected chi connectivity index (χ1v) is 5.92. The van der Waals surface area contributed by atoms with Crippen LogP contribution >= 0.6 is 0 Å². The average molecular weight is 224 g/mol. The second-order valence-electron chi connectivity index (χ2n) is 5.10. The third kappa shape index (κ3) is 2.66. The molecule has 2 N–H and O–H groups in total. The molecule has 1 aromatic heterocycles. The standard InChI is InChI=1S/C13H24N2O/c1-6-13(3,4)15(5)12(10(2)14)11-8-7-9-16-11/h7-10,12H,6,14H2,1-5H3. The maximum atomic E-state index is 6.08. The van der Waals surface area contributed by atoms with Crippen molar-refractivity contribution in [2.45, 2.75) is 51.7 Å². The van der Waals surface area contributed by atoms with Crippen LogP contribution in [0.5, 0.6) is 0 Å². The van der Waals surface area contributed by atoms with Gasteiger partial charge in [0.2, 0.25) is 0 Å². The summed E-state index contributed by atoms with van der Waals surface area (Å²) in [4.78, 5) is 2.30. The molecule has 0 amide bonds. The summed E-state index contributed by atoms with van der Waals surface area (Å²) in [5.74, 6) is 0.944. The normalized spacial score (nSPS) is 16.4. The van der Waals surface area contributed by atoms with Gasteiger partial charge in [0.15, 0.2) is 0 Å². The molecule has 16 heavy (non-hydrogen) atoms. The molecule has 0 spiro atoms. The molecule has 2 atom stereocenters. The summed E-state index contributed by atoms with van der Waals surface area (Å²) in [5.41, 5.74) is 6.19. The quantitative estimate of drug-likeness (QED) is 0.836. The molecule has 3 nitrogen and oxygen atoms in total. The summed E-state index contributed by atoms with van der Waals surface area (Å²) in [6, 6.07) is 4.08. The molecule has 0 saturated carbocycles. The van der Waals surface area contributed by atoms with E-state index in [0.29, 0.717) is 0 Å². The van der Waals surface area contributed by atoms with Gasteiger partial charge in [0.05, 0.1) is 12.3 Å². The van der Waals surface area contributed by atoms with Gasteiger partial charge in [-0.05, 0) is 46.4 Å². The fourth-order valence-electron chi connectivity index (χ4n) is 1.89. The van der Waals surface area contributed by atoms with Gasteiger partial charge in [-0.2, -0.15) is 0 Å². The van der Waals surface area contributed by atoms with E-state index in [4.69, 9.17) is 10.2 Å². The summed E-state index contributed by atoms with van der Waals surface area (Å²) < 4.78 is 5.50. The highest BCUT2D eigenvalue weighted by molar-refractivity contribution is 5.08. The van der Waals surface area contributed by atoms with Crippen molar-refractivity contribution in [1.82, 2.24) is 4.90 Å². The molecular weight excluding hydrogens is 200 g/mol. The van der Waals surface area contributed by atoms with E-state index in [0.717, 1.165) is 12.2 Å². The number of hydrogen-bond donors (Lipinski definition) is 1. The van der Waals surface area contributed by atoms with E-state index in [1.165, 1.54) is 0 Å². The Morgan fingerprint density at radius 1 is 1.50 bits per heavy atom. The first-order chi connectivity index (χ1) is 7.40. The van der Waals surface area contributed by atoms with E-state index in [9.17, 15) is 0 Å². The zero-order valence-electron chi connectivity index (χ0n) is 11.0. The fourth-order valence-corrected chi connectivity index (χ4v) is 1.89. The van der Waals surface area contributed by atoms with Crippen molar-refractivity contribution in [1.29, 1.82) is 0 Å². The van der Waals surface area contributed by atoms with Crippen molar-refractivity contribution in [2.75, 3.05) is 7.05 Å². The van der Waals surface area contributed by atoms with E-state index in [2.05, 4.69) is 32.7 Å². The number of nitrogens with two attached hydrogens (primary N) is 1. The van der Waals surface area contributed by atoms with Gasteiger partial charge < -0.3 is 10.2 Å². The lowest BCUT2D eigenvalue weighted by molar-refractivity contribution is 0.0723. The highest BCUT2D eigenvalue weighted by atomic mass is 16.3. The van der Waals surface area contributed by atoms with Gasteiger partial charge in [0, 0.05) is 11.6 Å². The molecule has 0 aromatic carbocycles. The van der Waals surface area contributed by atoms with Gasteiger partial charge in [0.25, 0.3) is 0 Å². The van der Waals surface area contributed by atoms with Gasteiger partial charge in [-0.25, -0.2) is 0 Å². The van der Waals surface area contributed by atoms with E-state index in [1.807, 2.05) is 19.1 Å². The minimum atomic E-state index is 0.0435. The van der Waals surface area contributed by atoms with Crippen LogP contribution in [0.2, 0.25) is 0 Å². The Labute approximate surface area is 98.6 Å². The van der Waals surface area contributed by atoms with E-state index < -0.39 is 0 Å². The molecule has 2 unspecified atom stereocenters. The lowest BCUT2D eigenvalue weighted by Crippen LogP contribution is -2.48. The van der Waals surface area contributed by atoms with Crippen LogP contribution in [0.1, 0.15) is 45.9 Å². The van der Waals surface area contributed by atoms with Gasteiger partial charge in [0.1, 0.15) is 5.76 Å². The van der Waals surface area contributed by atoms with Gasteiger partial charge in [-0.15, -0.1) is 0 Å². The predicted molar refractivity (Wildman–Crippen MR) is 67.2 cm³/mol. The molecule has 0 aliphatic carbocycles. The lowest BCUT2D eigenvalue weighted by Gasteiger charge is -2.41. The zero-order valence-corrected chi connectivity index (χ0v) is 11.0. The van der Waals surface area contributed by atoms with Crippen LogP contribution in [0.15, 0.2) is 22.8 Å². The summed E-state index contributed by atoms with van der Waals surface area (Å²) in [7, 11) is 2.11. The summed E-state index contributed by atoms with van der Waals surface area (Å²) in [6.07, 6.45) is 2.78. The molecule has 0 bridgehead atoms. The second-order valence-corrected chi connectivity index (χ2v) is 5.10. The Kier molecular flexibility index (Phi) is 4.16. The summed E-state index contributed by atoms with van der Waals surface area (Å²) in [5, 5.41) is 0. The molecule has 3 heteroatoms. The minimum absolute atomic E-state index is 0.0435. The topological polar surface area (TPSA) is 42.4 Å². The van der Waals surface area contributed by atoms with Crippen molar-refractivity contribution in [3.8, 4) is 0 Å². The van der Waals surface area contributed by atoms with Crippen molar-refractivity contribution in [3.05, 3.63) is 24.2 Å². The minimum Gasteiger partial charge on any atom is -0.468 e.